The zero-order chi connectivity index (χ0) is 15.0. The molecule has 0 heterocycles. The second-order valence-corrected chi connectivity index (χ2v) is 5.66. The summed E-state index contributed by atoms with van der Waals surface area (Å²) in [5.41, 5.74) is 7.09. The highest BCUT2D eigenvalue weighted by molar-refractivity contribution is 6.30. The molecule has 2 rings (SSSR count). The van der Waals surface area contributed by atoms with Crippen molar-refractivity contribution >= 4 is 11.6 Å². The van der Waals surface area contributed by atoms with Gasteiger partial charge in [0.2, 0.25) is 0 Å². The summed E-state index contributed by atoms with van der Waals surface area (Å²) in [6, 6.07) is 7.85. The van der Waals surface area contributed by atoms with Crippen LogP contribution in [0, 0.1) is 5.92 Å². The first-order valence-electron chi connectivity index (χ1n) is 7.38. The van der Waals surface area contributed by atoms with Gasteiger partial charge in [-0.1, -0.05) is 36.6 Å². The molecule has 1 aromatic rings. The highest BCUT2D eigenvalue weighted by Crippen LogP contribution is 2.36. The maximum Gasteiger partial charge on any atom is 0.0574 e. The van der Waals surface area contributed by atoms with Crippen LogP contribution in [0.25, 0.3) is 0 Å². The maximum absolute atomic E-state index is 10.1. The molecule has 1 fully saturated rings. The first-order chi connectivity index (χ1) is 9.63. The molecular weight excluding hydrogens is 274 g/mol. The Kier molecular flexibility index (Phi) is 8.15. The van der Waals surface area contributed by atoms with Gasteiger partial charge in [0.25, 0.3) is 0 Å². The van der Waals surface area contributed by atoms with Crippen molar-refractivity contribution in [2.45, 2.75) is 44.6 Å². The van der Waals surface area contributed by atoms with E-state index < -0.39 is 0 Å². The minimum atomic E-state index is -0.201. The molecule has 4 heteroatoms. The second-order valence-electron chi connectivity index (χ2n) is 5.23. The minimum Gasteiger partial charge on any atom is -0.397 e. The van der Waals surface area contributed by atoms with Crippen molar-refractivity contribution in [2.24, 2.45) is 11.7 Å². The van der Waals surface area contributed by atoms with Gasteiger partial charge in [-0.3, -0.25) is 0 Å². The molecule has 0 bridgehead atoms. The minimum absolute atomic E-state index is 0.201. The van der Waals surface area contributed by atoms with Crippen molar-refractivity contribution < 1.29 is 10.2 Å². The summed E-state index contributed by atoms with van der Waals surface area (Å²) in [7, 11) is 0. The molecule has 4 N–H and O–H groups in total. The number of halogens is 1. The molecule has 1 aromatic carbocycles. The molecule has 0 aliphatic heterocycles. The summed E-state index contributed by atoms with van der Waals surface area (Å²) in [4.78, 5) is 0. The molecule has 1 aliphatic rings. The number of benzene rings is 1. The predicted octanol–water partition coefficient (Wildman–Crippen LogP) is 2.93. The lowest BCUT2D eigenvalue weighted by Crippen LogP contribution is -2.33. The molecule has 0 saturated heterocycles. The van der Waals surface area contributed by atoms with E-state index in [9.17, 15) is 5.11 Å². The van der Waals surface area contributed by atoms with Crippen LogP contribution in [0.1, 0.15) is 44.1 Å². The van der Waals surface area contributed by atoms with E-state index in [4.69, 9.17) is 22.4 Å². The molecule has 1 saturated carbocycles. The van der Waals surface area contributed by atoms with Gasteiger partial charge in [-0.05, 0) is 49.9 Å². The normalized spacial score (nSPS) is 23.6. The van der Waals surface area contributed by atoms with E-state index in [2.05, 4.69) is 0 Å². The Labute approximate surface area is 126 Å². The van der Waals surface area contributed by atoms with E-state index in [0.717, 1.165) is 24.3 Å². The molecular formula is C16H26ClNO2. The quantitative estimate of drug-likeness (QED) is 0.804. The van der Waals surface area contributed by atoms with E-state index in [1.54, 1.807) is 6.92 Å². The topological polar surface area (TPSA) is 66.5 Å². The summed E-state index contributed by atoms with van der Waals surface area (Å²) < 4.78 is 0. The van der Waals surface area contributed by atoms with Gasteiger partial charge in [0, 0.05) is 17.5 Å². The standard InChI is InChI=1S/C14H20ClNO.C2H6O/c15-11-7-5-10(6-8-11)13(9-16)12-3-1-2-4-14(12)17;1-2-3/h5-8,12-14,17H,1-4,9,16H2;3H,2H2,1H3/t12-,13?,14+;/m1./s1. The van der Waals surface area contributed by atoms with Crippen LogP contribution in [0.15, 0.2) is 24.3 Å². The van der Waals surface area contributed by atoms with Gasteiger partial charge < -0.3 is 15.9 Å². The van der Waals surface area contributed by atoms with Crippen LogP contribution in [-0.2, 0) is 0 Å². The highest BCUT2D eigenvalue weighted by Gasteiger charge is 2.30. The molecule has 0 aromatic heterocycles. The van der Waals surface area contributed by atoms with Crippen molar-refractivity contribution in [1.82, 2.24) is 0 Å². The maximum atomic E-state index is 10.1. The summed E-state index contributed by atoms with van der Waals surface area (Å²) in [6.07, 6.45) is 4.12. The molecule has 20 heavy (non-hydrogen) atoms. The van der Waals surface area contributed by atoms with Gasteiger partial charge >= 0.3 is 0 Å². The van der Waals surface area contributed by atoms with Crippen LogP contribution in [0.5, 0.6) is 0 Å². The largest absolute Gasteiger partial charge is 0.397 e. The summed E-state index contributed by atoms with van der Waals surface area (Å²) in [6.45, 7) is 2.52. The van der Waals surface area contributed by atoms with Crippen molar-refractivity contribution in [1.29, 1.82) is 0 Å². The van der Waals surface area contributed by atoms with E-state index in [-0.39, 0.29) is 18.6 Å². The zero-order valence-corrected chi connectivity index (χ0v) is 12.9. The van der Waals surface area contributed by atoms with Crippen LogP contribution in [0.4, 0.5) is 0 Å². The lowest BCUT2D eigenvalue weighted by atomic mass is 9.75. The zero-order valence-electron chi connectivity index (χ0n) is 12.1. The number of aliphatic hydroxyl groups excluding tert-OH is 2. The number of rotatable bonds is 3. The number of aliphatic hydroxyl groups is 2. The average Bonchev–Trinajstić information content (AvgIpc) is 2.44. The van der Waals surface area contributed by atoms with E-state index in [0.29, 0.717) is 12.5 Å². The van der Waals surface area contributed by atoms with Crippen LogP contribution >= 0.6 is 11.6 Å². The summed E-state index contributed by atoms with van der Waals surface area (Å²) in [5.74, 6) is 0.553. The Balaban J connectivity index is 0.000000612. The molecule has 3 atom stereocenters. The Morgan fingerprint density at radius 2 is 1.80 bits per heavy atom. The van der Waals surface area contributed by atoms with Gasteiger partial charge in [-0.15, -0.1) is 0 Å². The van der Waals surface area contributed by atoms with Crippen LogP contribution in [0.3, 0.4) is 0 Å². The number of hydrogen-bond acceptors (Lipinski definition) is 3. The molecule has 0 spiro atoms. The van der Waals surface area contributed by atoms with Gasteiger partial charge in [0.05, 0.1) is 6.10 Å². The number of hydrogen-bond donors (Lipinski definition) is 3. The van der Waals surface area contributed by atoms with Gasteiger partial charge in [-0.25, -0.2) is 0 Å². The van der Waals surface area contributed by atoms with Crippen molar-refractivity contribution in [3.63, 3.8) is 0 Å². The fraction of sp³-hybridized carbons (Fsp3) is 0.625. The van der Waals surface area contributed by atoms with E-state index >= 15 is 0 Å². The predicted molar refractivity (Wildman–Crippen MR) is 84.0 cm³/mol. The summed E-state index contributed by atoms with van der Waals surface area (Å²) in [5, 5.41) is 18.4. The monoisotopic (exact) mass is 299 g/mol. The lowest BCUT2D eigenvalue weighted by molar-refractivity contribution is 0.0561. The van der Waals surface area contributed by atoms with Gasteiger partial charge in [0.15, 0.2) is 0 Å². The third kappa shape index (κ3) is 5.06. The fourth-order valence-electron chi connectivity index (χ4n) is 2.88. The van der Waals surface area contributed by atoms with Gasteiger partial charge in [0.1, 0.15) is 0 Å². The Hall–Kier alpha value is -0.610. The smallest absolute Gasteiger partial charge is 0.0574 e. The van der Waals surface area contributed by atoms with Gasteiger partial charge in [-0.2, -0.15) is 0 Å². The Bertz CT molecular complexity index is 369. The molecule has 1 unspecified atom stereocenters. The Morgan fingerprint density at radius 3 is 2.30 bits per heavy atom. The SMILES string of the molecule is CCO.NCC(c1ccc(Cl)cc1)[C@H]1CCCC[C@@H]1O. The number of nitrogens with two attached hydrogens (primary N) is 1. The molecule has 1 aliphatic carbocycles. The lowest BCUT2D eigenvalue weighted by Gasteiger charge is -2.34. The highest BCUT2D eigenvalue weighted by atomic mass is 35.5. The van der Waals surface area contributed by atoms with Crippen LogP contribution < -0.4 is 5.73 Å². The summed E-state index contributed by atoms with van der Waals surface area (Å²) >= 11 is 5.89. The van der Waals surface area contributed by atoms with Crippen LogP contribution in [0.2, 0.25) is 5.02 Å². The average molecular weight is 300 g/mol. The molecule has 3 nitrogen and oxygen atoms in total. The van der Waals surface area contributed by atoms with Crippen molar-refractivity contribution in [3.8, 4) is 0 Å². The first kappa shape index (κ1) is 17.4. The second kappa shape index (κ2) is 9.35. The van der Waals surface area contributed by atoms with E-state index in [1.165, 1.54) is 12.0 Å². The van der Waals surface area contributed by atoms with E-state index in [1.807, 2.05) is 24.3 Å². The van der Waals surface area contributed by atoms with Crippen LogP contribution in [-0.4, -0.2) is 29.5 Å². The third-order valence-corrected chi connectivity index (χ3v) is 4.10. The fourth-order valence-corrected chi connectivity index (χ4v) is 3.00. The Morgan fingerprint density at radius 1 is 1.25 bits per heavy atom. The third-order valence-electron chi connectivity index (χ3n) is 3.85. The first-order valence-corrected chi connectivity index (χ1v) is 7.76. The van der Waals surface area contributed by atoms with Crippen molar-refractivity contribution in [2.75, 3.05) is 13.2 Å². The molecule has 0 amide bonds. The molecule has 0 radical (unpaired) electrons. The van der Waals surface area contributed by atoms with Crippen molar-refractivity contribution in [3.05, 3.63) is 34.9 Å². The molecule has 114 valence electrons.